The number of hydrogen-bond acceptors (Lipinski definition) is 1. The van der Waals surface area contributed by atoms with Gasteiger partial charge in [0.1, 0.15) is 0 Å². The van der Waals surface area contributed by atoms with E-state index < -0.39 is 0 Å². The quantitative estimate of drug-likeness (QED) is 0.561. The molecule has 0 bridgehead atoms. The third-order valence-corrected chi connectivity index (χ3v) is 5.70. The van der Waals surface area contributed by atoms with Crippen LogP contribution >= 0.6 is 40.4 Å². The standard InChI is InChI=1S/C12H13Br2OP.Li/c13-9-6-3-7-10(14)11(9)12(15)16-8-4-1-2-5-8;/h3,6-8,16H,1-2,4-5H2;. The Hall–Kier alpha value is 0.877. The minimum absolute atomic E-state index is 0. The van der Waals surface area contributed by atoms with Gasteiger partial charge in [-0.05, 0) is 71.1 Å². The second-order valence-electron chi connectivity index (χ2n) is 4.05. The molecular weight excluding hydrogens is 358 g/mol. The van der Waals surface area contributed by atoms with E-state index in [1.807, 2.05) is 18.2 Å². The van der Waals surface area contributed by atoms with Crippen molar-refractivity contribution >= 4 is 64.8 Å². The molecule has 87 valence electrons. The van der Waals surface area contributed by atoms with Crippen LogP contribution in [0.15, 0.2) is 27.1 Å². The molecule has 1 aliphatic carbocycles. The minimum Gasteiger partial charge on any atom is -0.289 e. The molecule has 0 aliphatic heterocycles. The summed E-state index contributed by atoms with van der Waals surface area (Å²) in [7, 11) is 0.431. The second-order valence-corrected chi connectivity index (χ2v) is 7.32. The van der Waals surface area contributed by atoms with Crippen LogP contribution in [0.5, 0.6) is 0 Å². The Labute approximate surface area is 133 Å². The van der Waals surface area contributed by atoms with Crippen molar-refractivity contribution in [1.29, 1.82) is 0 Å². The first-order chi connectivity index (χ1) is 7.68. The van der Waals surface area contributed by atoms with Crippen molar-refractivity contribution in [3.63, 3.8) is 0 Å². The molecule has 1 nitrogen and oxygen atoms in total. The molecule has 1 fully saturated rings. The first-order valence-electron chi connectivity index (χ1n) is 5.43. The number of carbonyl (C=O) groups excluding carboxylic acids is 1. The Morgan fingerprint density at radius 2 is 1.71 bits per heavy atom. The molecule has 2 rings (SSSR count). The summed E-state index contributed by atoms with van der Waals surface area (Å²) in [6.07, 6.45) is 5.04. The summed E-state index contributed by atoms with van der Waals surface area (Å²) < 4.78 is 1.80. The van der Waals surface area contributed by atoms with Gasteiger partial charge in [-0.15, -0.1) is 0 Å². The van der Waals surface area contributed by atoms with Crippen LogP contribution < -0.4 is 0 Å². The Bertz CT molecular complexity index is 385. The first kappa shape index (κ1) is 15.9. The van der Waals surface area contributed by atoms with Crippen LogP contribution in [-0.2, 0) is 0 Å². The van der Waals surface area contributed by atoms with E-state index in [1.165, 1.54) is 25.7 Å². The van der Waals surface area contributed by atoms with Gasteiger partial charge in [0.05, 0.1) is 5.56 Å². The van der Waals surface area contributed by atoms with Crippen LogP contribution in [0, 0.1) is 0 Å². The molecule has 1 aromatic rings. The molecule has 0 saturated heterocycles. The van der Waals surface area contributed by atoms with Crippen LogP contribution in [-0.4, -0.2) is 30.0 Å². The predicted molar refractivity (Wildman–Crippen MR) is 82.5 cm³/mol. The summed E-state index contributed by atoms with van der Waals surface area (Å²) in [4.78, 5) is 12.2. The molecule has 1 atom stereocenters. The number of rotatable bonds is 3. The summed E-state index contributed by atoms with van der Waals surface area (Å²) in [6.45, 7) is 0. The summed E-state index contributed by atoms with van der Waals surface area (Å²) in [5, 5.41) is 0. The maximum absolute atomic E-state index is 12.2. The fraction of sp³-hybridized carbons (Fsp3) is 0.417. The topological polar surface area (TPSA) is 17.1 Å². The summed E-state index contributed by atoms with van der Waals surface area (Å²) in [6, 6.07) is 5.79. The van der Waals surface area contributed by atoms with Crippen LogP contribution in [0.25, 0.3) is 0 Å². The summed E-state index contributed by atoms with van der Waals surface area (Å²) in [5.74, 6) is 0. The van der Waals surface area contributed by atoms with E-state index in [0.717, 1.165) is 14.5 Å². The third-order valence-electron chi connectivity index (χ3n) is 2.88. The van der Waals surface area contributed by atoms with Crippen molar-refractivity contribution < 1.29 is 4.79 Å². The van der Waals surface area contributed by atoms with Crippen molar-refractivity contribution in [3.8, 4) is 0 Å². The Morgan fingerprint density at radius 3 is 2.24 bits per heavy atom. The van der Waals surface area contributed by atoms with Crippen molar-refractivity contribution in [2.24, 2.45) is 0 Å². The fourth-order valence-electron chi connectivity index (χ4n) is 2.04. The van der Waals surface area contributed by atoms with Crippen LogP contribution in [0.1, 0.15) is 36.0 Å². The number of carbonyl (C=O) groups is 1. The molecule has 5 heteroatoms. The van der Waals surface area contributed by atoms with Gasteiger partial charge in [0.25, 0.3) is 0 Å². The van der Waals surface area contributed by atoms with Crippen LogP contribution in [0.4, 0.5) is 0 Å². The zero-order valence-corrected chi connectivity index (χ0v) is 14.0. The van der Waals surface area contributed by atoms with E-state index >= 15 is 0 Å². The zero-order chi connectivity index (χ0) is 11.5. The van der Waals surface area contributed by atoms with Crippen molar-refractivity contribution in [1.82, 2.24) is 0 Å². The van der Waals surface area contributed by atoms with Gasteiger partial charge in [0.2, 0.25) is 0 Å². The smallest absolute Gasteiger partial charge is 0.183 e. The van der Waals surface area contributed by atoms with E-state index in [4.69, 9.17) is 0 Å². The molecule has 1 aromatic carbocycles. The van der Waals surface area contributed by atoms with Crippen molar-refractivity contribution in [3.05, 3.63) is 32.7 Å². The van der Waals surface area contributed by atoms with Gasteiger partial charge in [0.15, 0.2) is 5.52 Å². The maximum atomic E-state index is 12.2. The van der Waals surface area contributed by atoms with E-state index in [9.17, 15) is 4.79 Å². The predicted octanol–water partition coefficient (Wildman–Crippen LogP) is 4.59. The number of halogens is 2. The molecule has 0 N–H and O–H groups in total. The third kappa shape index (κ3) is 4.18. The second kappa shape index (κ2) is 7.46. The molecule has 0 aromatic heterocycles. The largest absolute Gasteiger partial charge is 0.289 e. The zero-order valence-electron chi connectivity index (χ0n) is 9.80. The Balaban J connectivity index is 0.00000144. The van der Waals surface area contributed by atoms with Gasteiger partial charge < -0.3 is 0 Å². The normalized spacial score (nSPS) is 16.4. The van der Waals surface area contributed by atoms with Crippen molar-refractivity contribution in [2.75, 3.05) is 0 Å². The van der Waals surface area contributed by atoms with Gasteiger partial charge in [-0.3, -0.25) is 4.79 Å². The number of benzene rings is 1. The van der Waals surface area contributed by atoms with Gasteiger partial charge in [-0.1, -0.05) is 18.9 Å². The molecule has 17 heavy (non-hydrogen) atoms. The average Bonchev–Trinajstić information content (AvgIpc) is 2.70. The van der Waals surface area contributed by atoms with Gasteiger partial charge in [-0.25, -0.2) is 0 Å². The van der Waals surface area contributed by atoms with Gasteiger partial charge in [-0.2, -0.15) is 0 Å². The minimum atomic E-state index is 0. The summed E-state index contributed by atoms with van der Waals surface area (Å²) in [5.41, 5.74) is 1.73. The first-order valence-corrected chi connectivity index (χ1v) is 8.09. The van der Waals surface area contributed by atoms with Crippen LogP contribution in [0.3, 0.4) is 0 Å². The molecule has 0 heterocycles. The monoisotopic (exact) mass is 369 g/mol. The van der Waals surface area contributed by atoms with Gasteiger partial charge >= 0.3 is 0 Å². The van der Waals surface area contributed by atoms with Crippen LogP contribution in [0.2, 0.25) is 0 Å². The Morgan fingerprint density at radius 1 is 1.18 bits per heavy atom. The SMILES string of the molecule is O=C(PC1CCCC1)c1c(Br)cccc1Br.[Li]. The molecular formula is C12H13Br2LiOP. The van der Waals surface area contributed by atoms with Crippen molar-refractivity contribution in [2.45, 2.75) is 31.3 Å². The molecule has 0 spiro atoms. The molecule has 0 amide bonds. The Kier molecular flexibility index (Phi) is 6.99. The molecule has 1 saturated carbocycles. The number of hydrogen-bond donors (Lipinski definition) is 0. The maximum Gasteiger partial charge on any atom is 0.183 e. The van der Waals surface area contributed by atoms with E-state index in [0.29, 0.717) is 14.2 Å². The fourth-order valence-corrected chi connectivity index (χ4v) is 5.25. The molecule has 1 unspecified atom stereocenters. The molecule has 1 radical (unpaired) electrons. The van der Waals surface area contributed by atoms with E-state index in [1.54, 1.807) is 0 Å². The van der Waals surface area contributed by atoms with E-state index in [-0.39, 0.29) is 24.4 Å². The van der Waals surface area contributed by atoms with Gasteiger partial charge in [0, 0.05) is 27.8 Å². The average molecular weight is 371 g/mol. The molecule has 1 aliphatic rings. The van der Waals surface area contributed by atoms with E-state index in [2.05, 4.69) is 31.9 Å². The summed E-state index contributed by atoms with van der Waals surface area (Å²) >= 11 is 6.90.